The fraction of sp³-hybridized carbons (Fsp3) is 1.00. The topological polar surface area (TPSA) is 29.3 Å². The van der Waals surface area contributed by atoms with Gasteiger partial charge in [0.2, 0.25) is 0 Å². The highest BCUT2D eigenvalue weighted by atomic mass is 15.1. The molecule has 1 saturated heterocycles. The van der Waals surface area contributed by atoms with Gasteiger partial charge >= 0.3 is 0 Å². The van der Waals surface area contributed by atoms with Crippen molar-refractivity contribution in [2.75, 3.05) is 19.6 Å². The molecule has 1 heterocycles. The molecule has 2 heteroatoms. The maximum Gasteiger partial charge on any atom is 0.00889 e. The van der Waals surface area contributed by atoms with Crippen LogP contribution in [0.25, 0.3) is 0 Å². The van der Waals surface area contributed by atoms with Crippen LogP contribution in [0.1, 0.15) is 59.3 Å². The lowest BCUT2D eigenvalue weighted by Crippen LogP contribution is -2.49. The summed E-state index contributed by atoms with van der Waals surface area (Å²) in [5.41, 5.74) is 6.77. The molecular formula is C16H32N2. The monoisotopic (exact) mass is 252 g/mol. The molecule has 0 bridgehead atoms. The summed E-state index contributed by atoms with van der Waals surface area (Å²) in [6, 6.07) is 0.436. The van der Waals surface area contributed by atoms with Crippen LogP contribution in [-0.4, -0.2) is 30.6 Å². The largest absolute Gasteiger partial charge is 0.327 e. The van der Waals surface area contributed by atoms with Crippen molar-refractivity contribution in [2.45, 2.75) is 65.3 Å². The predicted molar refractivity (Wildman–Crippen MR) is 78.6 cm³/mol. The van der Waals surface area contributed by atoms with E-state index in [-0.39, 0.29) is 0 Å². The van der Waals surface area contributed by atoms with E-state index in [2.05, 4.69) is 25.7 Å². The van der Waals surface area contributed by atoms with E-state index < -0.39 is 0 Å². The third-order valence-electron chi connectivity index (χ3n) is 5.12. The molecule has 2 aliphatic rings. The molecule has 2 unspecified atom stereocenters. The first kappa shape index (κ1) is 14.3. The highest BCUT2D eigenvalue weighted by molar-refractivity contribution is 4.90. The Morgan fingerprint density at radius 2 is 1.94 bits per heavy atom. The van der Waals surface area contributed by atoms with E-state index in [0.29, 0.717) is 17.4 Å². The van der Waals surface area contributed by atoms with Gasteiger partial charge in [0.05, 0.1) is 0 Å². The third-order valence-corrected chi connectivity index (χ3v) is 5.12. The number of piperidine rings is 1. The summed E-state index contributed by atoms with van der Waals surface area (Å²) in [4.78, 5) is 2.71. The van der Waals surface area contributed by atoms with Gasteiger partial charge in [-0.1, -0.05) is 33.6 Å². The summed E-state index contributed by atoms with van der Waals surface area (Å²) in [6.07, 6.45) is 8.44. The molecule has 0 aromatic rings. The summed E-state index contributed by atoms with van der Waals surface area (Å²) >= 11 is 0. The molecular weight excluding hydrogens is 220 g/mol. The van der Waals surface area contributed by atoms with Crippen molar-refractivity contribution >= 4 is 0 Å². The molecule has 2 nitrogen and oxygen atoms in total. The summed E-state index contributed by atoms with van der Waals surface area (Å²) in [6.45, 7) is 10.9. The molecule has 0 amide bonds. The summed E-state index contributed by atoms with van der Waals surface area (Å²) in [5, 5.41) is 0. The van der Waals surface area contributed by atoms with Crippen molar-refractivity contribution in [1.29, 1.82) is 0 Å². The molecule has 2 rings (SSSR count). The van der Waals surface area contributed by atoms with Gasteiger partial charge in [0.15, 0.2) is 0 Å². The molecule has 0 spiro atoms. The van der Waals surface area contributed by atoms with E-state index >= 15 is 0 Å². The zero-order valence-electron chi connectivity index (χ0n) is 12.6. The minimum absolute atomic E-state index is 0.436. The van der Waals surface area contributed by atoms with Crippen LogP contribution in [0, 0.1) is 17.3 Å². The van der Waals surface area contributed by atoms with Gasteiger partial charge in [-0.2, -0.15) is 0 Å². The molecule has 1 aliphatic carbocycles. The van der Waals surface area contributed by atoms with Crippen LogP contribution >= 0.6 is 0 Å². The number of rotatable bonds is 4. The van der Waals surface area contributed by atoms with Crippen LogP contribution in [0.5, 0.6) is 0 Å². The second-order valence-electron chi connectivity index (χ2n) is 7.47. The molecule has 0 aromatic heterocycles. The second-order valence-corrected chi connectivity index (χ2v) is 7.47. The minimum Gasteiger partial charge on any atom is -0.327 e. The van der Waals surface area contributed by atoms with Gasteiger partial charge in [0.25, 0.3) is 0 Å². The van der Waals surface area contributed by atoms with Crippen LogP contribution in [0.2, 0.25) is 0 Å². The number of nitrogens with two attached hydrogens (primary N) is 1. The summed E-state index contributed by atoms with van der Waals surface area (Å²) in [7, 11) is 0. The molecule has 1 aliphatic heterocycles. The number of hydrogen-bond donors (Lipinski definition) is 1. The Morgan fingerprint density at radius 1 is 1.28 bits per heavy atom. The van der Waals surface area contributed by atoms with Gasteiger partial charge in [-0.3, -0.25) is 0 Å². The van der Waals surface area contributed by atoms with Gasteiger partial charge in [0.1, 0.15) is 0 Å². The number of likely N-dealkylation sites (tertiary alicyclic amines) is 1. The zero-order valence-corrected chi connectivity index (χ0v) is 12.6. The van der Waals surface area contributed by atoms with Gasteiger partial charge in [-0.05, 0) is 49.5 Å². The molecule has 0 aromatic carbocycles. The second kappa shape index (κ2) is 5.92. The normalized spacial score (nSPS) is 33.2. The minimum atomic E-state index is 0.436. The lowest BCUT2D eigenvalue weighted by molar-refractivity contribution is 0.0859. The first-order valence-electron chi connectivity index (χ1n) is 7.99. The maximum absolute atomic E-state index is 6.14. The van der Waals surface area contributed by atoms with Crippen LogP contribution in [0.15, 0.2) is 0 Å². The Hall–Kier alpha value is -0.0800. The van der Waals surface area contributed by atoms with Crippen LogP contribution in [0.4, 0.5) is 0 Å². The van der Waals surface area contributed by atoms with Gasteiger partial charge in [0, 0.05) is 19.1 Å². The Labute approximate surface area is 113 Å². The summed E-state index contributed by atoms with van der Waals surface area (Å²) < 4.78 is 0. The first-order valence-corrected chi connectivity index (χ1v) is 7.99. The van der Waals surface area contributed by atoms with Crippen molar-refractivity contribution in [3.05, 3.63) is 0 Å². The third kappa shape index (κ3) is 3.48. The fourth-order valence-corrected chi connectivity index (χ4v) is 4.29. The predicted octanol–water partition coefficient (Wildman–Crippen LogP) is 3.26. The maximum atomic E-state index is 6.14. The van der Waals surface area contributed by atoms with E-state index in [4.69, 9.17) is 5.73 Å². The average molecular weight is 252 g/mol. The van der Waals surface area contributed by atoms with E-state index in [1.165, 1.54) is 58.2 Å². The van der Waals surface area contributed by atoms with Crippen LogP contribution < -0.4 is 5.73 Å². The smallest absolute Gasteiger partial charge is 0.00889 e. The Kier molecular flexibility index (Phi) is 4.71. The molecule has 2 atom stereocenters. The van der Waals surface area contributed by atoms with Crippen molar-refractivity contribution in [2.24, 2.45) is 23.0 Å². The molecule has 106 valence electrons. The SMILES string of the molecule is CC(C)CC1(CN2CCC(N)C(C)C2)CCCC1. The van der Waals surface area contributed by atoms with Crippen molar-refractivity contribution in [3.8, 4) is 0 Å². The van der Waals surface area contributed by atoms with Gasteiger partial charge in [-0.25, -0.2) is 0 Å². The van der Waals surface area contributed by atoms with E-state index in [9.17, 15) is 0 Å². The molecule has 2 fully saturated rings. The van der Waals surface area contributed by atoms with E-state index in [1.54, 1.807) is 0 Å². The molecule has 1 saturated carbocycles. The highest BCUT2D eigenvalue weighted by Gasteiger charge is 2.37. The van der Waals surface area contributed by atoms with Crippen molar-refractivity contribution in [3.63, 3.8) is 0 Å². The van der Waals surface area contributed by atoms with Crippen molar-refractivity contribution < 1.29 is 0 Å². The lowest BCUT2D eigenvalue weighted by Gasteiger charge is -2.41. The average Bonchev–Trinajstić information content (AvgIpc) is 2.71. The Bertz CT molecular complexity index is 256. The van der Waals surface area contributed by atoms with Gasteiger partial charge < -0.3 is 10.6 Å². The number of nitrogens with zero attached hydrogens (tertiary/aromatic N) is 1. The summed E-state index contributed by atoms with van der Waals surface area (Å²) in [5.74, 6) is 1.52. The Balaban J connectivity index is 1.93. The van der Waals surface area contributed by atoms with E-state index in [1.807, 2.05) is 0 Å². The van der Waals surface area contributed by atoms with Crippen LogP contribution in [0.3, 0.4) is 0 Å². The van der Waals surface area contributed by atoms with Crippen molar-refractivity contribution in [1.82, 2.24) is 4.90 Å². The molecule has 0 radical (unpaired) electrons. The fourth-order valence-electron chi connectivity index (χ4n) is 4.29. The number of hydrogen-bond acceptors (Lipinski definition) is 2. The standard InChI is InChI=1S/C16H32N2/c1-13(2)10-16(7-4-5-8-16)12-18-9-6-15(17)14(3)11-18/h13-15H,4-12,17H2,1-3H3. The molecule has 18 heavy (non-hydrogen) atoms. The first-order chi connectivity index (χ1) is 8.51. The zero-order chi connectivity index (χ0) is 13.2. The highest BCUT2D eigenvalue weighted by Crippen LogP contribution is 2.44. The van der Waals surface area contributed by atoms with Crippen LogP contribution in [-0.2, 0) is 0 Å². The quantitative estimate of drug-likeness (QED) is 0.832. The van der Waals surface area contributed by atoms with E-state index in [0.717, 1.165) is 5.92 Å². The molecule has 2 N–H and O–H groups in total. The Morgan fingerprint density at radius 3 is 2.50 bits per heavy atom. The van der Waals surface area contributed by atoms with Gasteiger partial charge in [-0.15, -0.1) is 0 Å². The lowest BCUT2D eigenvalue weighted by atomic mass is 9.77.